The Morgan fingerprint density at radius 2 is 0.548 bits per heavy atom. The maximum atomic E-state index is 13.0. The van der Waals surface area contributed by atoms with E-state index in [4.69, 9.17) is 37.0 Å². The highest BCUT2D eigenvalue weighted by Gasteiger charge is 2.30. The van der Waals surface area contributed by atoms with Crippen LogP contribution in [-0.2, 0) is 65.4 Å². The van der Waals surface area contributed by atoms with E-state index in [0.29, 0.717) is 31.6 Å². The fraction of sp³-hybridized carbons (Fsp3) is 0.938. The van der Waals surface area contributed by atoms with Crippen LogP contribution in [0.5, 0.6) is 0 Å². The molecule has 0 aromatic carbocycles. The van der Waals surface area contributed by atoms with Crippen LogP contribution >= 0.6 is 15.6 Å². The number of carbonyl (C=O) groups excluding carboxylic acids is 4. The molecule has 0 aliphatic heterocycles. The smallest absolute Gasteiger partial charge is 0.462 e. The molecule has 84 heavy (non-hydrogen) atoms. The van der Waals surface area contributed by atoms with Crippen molar-refractivity contribution in [1.29, 1.82) is 0 Å². The quantitative estimate of drug-likeness (QED) is 0.0222. The fourth-order valence-electron chi connectivity index (χ4n) is 9.76. The lowest BCUT2D eigenvalue weighted by Gasteiger charge is -2.21. The van der Waals surface area contributed by atoms with E-state index in [2.05, 4.69) is 34.6 Å². The summed E-state index contributed by atoms with van der Waals surface area (Å²) in [5.74, 6) is -1.47. The maximum absolute atomic E-state index is 13.0. The summed E-state index contributed by atoms with van der Waals surface area (Å²) in [4.78, 5) is 72.2. The summed E-state index contributed by atoms with van der Waals surface area (Å²) in [7, 11) is -9.88. The second-order valence-corrected chi connectivity index (χ2v) is 26.9. The van der Waals surface area contributed by atoms with Crippen molar-refractivity contribution in [3.8, 4) is 0 Å². The second kappa shape index (κ2) is 58.7. The Bertz CT molecular complexity index is 1640. The summed E-state index contributed by atoms with van der Waals surface area (Å²) >= 11 is 0. The first-order chi connectivity index (χ1) is 40.5. The molecule has 0 bridgehead atoms. The third kappa shape index (κ3) is 59.0. The van der Waals surface area contributed by atoms with Crippen LogP contribution in [0.3, 0.4) is 0 Å². The molecule has 5 atom stereocenters. The first-order valence-electron chi connectivity index (χ1n) is 34.1. The molecule has 0 heterocycles. The van der Waals surface area contributed by atoms with Crippen LogP contribution in [0.15, 0.2) is 0 Å². The van der Waals surface area contributed by atoms with Gasteiger partial charge in [-0.2, -0.15) is 0 Å². The van der Waals surface area contributed by atoms with E-state index >= 15 is 0 Å². The van der Waals surface area contributed by atoms with Crippen molar-refractivity contribution in [3.63, 3.8) is 0 Å². The normalized spacial score (nSPS) is 14.2. The monoisotopic (exact) mass is 1240 g/mol. The van der Waals surface area contributed by atoms with E-state index in [9.17, 15) is 43.2 Å². The minimum absolute atomic E-state index is 0.102. The van der Waals surface area contributed by atoms with Crippen molar-refractivity contribution in [2.75, 3.05) is 39.6 Å². The molecule has 2 unspecified atom stereocenters. The van der Waals surface area contributed by atoms with Gasteiger partial charge in [-0.25, -0.2) is 9.13 Å². The van der Waals surface area contributed by atoms with Gasteiger partial charge in [0.15, 0.2) is 12.2 Å². The molecule has 0 aromatic heterocycles. The van der Waals surface area contributed by atoms with Crippen LogP contribution in [0.2, 0.25) is 0 Å². The number of hydrogen-bond acceptors (Lipinski definition) is 15. The van der Waals surface area contributed by atoms with Crippen molar-refractivity contribution in [3.05, 3.63) is 0 Å². The topological polar surface area (TPSA) is 237 Å². The summed E-state index contributed by atoms with van der Waals surface area (Å²) in [5, 5.41) is 10.5. The largest absolute Gasteiger partial charge is 0.472 e. The van der Waals surface area contributed by atoms with Gasteiger partial charge in [-0.15, -0.1) is 0 Å². The molecule has 0 aliphatic rings. The Morgan fingerprint density at radius 1 is 0.321 bits per heavy atom. The summed E-state index contributed by atoms with van der Waals surface area (Å²) in [6.07, 6.45) is 43.2. The maximum Gasteiger partial charge on any atom is 0.472 e. The molecule has 3 N–H and O–H groups in total. The molecule has 498 valence electrons. The van der Waals surface area contributed by atoms with Gasteiger partial charge in [0.2, 0.25) is 0 Å². The lowest BCUT2D eigenvalue weighted by atomic mass is 10.0. The number of aliphatic hydroxyl groups excluding tert-OH is 1. The van der Waals surface area contributed by atoms with Crippen LogP contribution < -0.4 is 0 Å². The third-order valence-electron chi connectivity index (χ3n) is 15.0. The highest BCUT2D eigenvalue weighted by molar-refractivity contribution is 7.47. The van der Waals surface area contributed by atoms with E-state index < -0.39 is 97.5 Å². The number of phosphoric ester groups is 2. The average molecular weight is 1240 g/mol. The summed E-state index contributed by atoms with van der Waals surface area (Å²) in [5.41, 5.74) is 0. The van der Waals surface area contributed by atoms with Crippen molar-refractivity contribution < 1.29 is 80.2 Å². The number of carbonyl (C=O) groups is 4. The van der Waals surface area contributed by atoms with Gasteiger partial charge in [-0.1, -0.05) is 279 Å². The van der Waals surface area contributed by atoms with Crippen molar-refractivity contribution in [1.82, 2.24) is 0 Å². The summed E-state index contributed by atoms with van der Waals surface area (Å²) in [6.45, 7) is 7.09. The van der Waals surface area contributed by atoms with Gasteiger partial charge < -0.3 is 33.8 Å². The lowest BCUT2D eigenvalue weighted by molar-refractivity contribution is -0.161. The molecular weight excluding hydrogens is 1110 g/mol. The zero-order chi connectivity index (χ0) is 62.0. The first-order valence-corrected chi connectivity index (χ1v) is 37.1. The first kappa shape index (κ1) is 82.1. The fourth-order valence-corrected chi connectivity index (χ4v) is 11.3. The second-order valence-electron chi connectivity index (χ2n) is 24.0. The third-order valence-corrected chi connectivity index (χ3v) is 16.9. The number of rotatable bonds is 65. The highest BCUT2D eigenvalue weighted by Crippen LogP contribution is 2.45. The van der Waals surface area contributed by atoms with Crippen LogP contribution in [-0.4, -0.2) is 96.7 Å². The highest BCUT2D eigenvalue weighted by atomic mass is 31.2. The lowest BCUT2D eigenvalue weighted by Crippen LogP contribution is -2.30. The summed E-state index contributed by atoms with van der Waals surface area (Å²) < 4.78 is 68.0. The van der Waals surface area contributed by atoms with E-state index in [1.165, 1.54) is 148 Å². The number of ether oxygens (including phenoxy) is 4. The number of esters is 4. The SMILES string of the molecule is CCCCCCCCCCCCCCCCCC(=O)O[C@H](COC(=O)CCCCCCCCCCCCCC)COP(=O)(O)OC[C@@H](O)COP(=O)(O)OC[C@@H](COC(=O)CCCCCCCCCC)OC(=O)CCCCCCCCC(C)C. The average Bonchev–Trinajstić information content (AvgIpc) is 3.59. The Balaban J connectivity index is 5.21. The van der Waals surface area contributed by atoms with E-state index in [1.807, 2.05) is 0 Å². The van der Waals surface area contributed by atoms with Gasteiger partial charge in [0.25, 0.3) is 0 Å². The van der Waals surface area contributed by atoms with Gasteiger partial charge >= 0.3 is 39.5 Å². The molecule has 0 amide bonds. The van der Waals surface area contributed by atoms with Gasteiger partial charge in [-0.05, 0) is 31.6 Å². The summed E-state index contributed by atoms with van der Waals surface area (Å²) in [6, 6.07) is 0. The molecule has 0 spiro atoms. The van der Waals surface area contributed by atoms with Gasteiger partial charge in [0, 0.05) is 25.7 Å². The number of phosphoric acid groups is 2. The van der Waals surface area contributed by atoms with Crippen LogP contribution in [0.1, 0.15) is 330 Å². The standard InChI is InChI=1S/C65H126O17P2/c1-6-9-12-15-18-21-23-25-26-27-29-31-34-40-45-50-64(69)81-60(54-76-63(68)49-44-39-33-30-28-24-22-19-16-13-10-7-2)56-79-83(71,72)77-52-59(66)53-78-84(73,74)80-57-61(55-75-62(67)48-43-38-32-20-17-14-11-8-3)82-65(70)51-46-41-36-35-37-42-47-58(4)5/h58-61,66H,6-57H2,1-5H3,(H,71,72)(H,73,74)/t59-,60-,61-/m1/s1. The predicted molar refractivity (Wildman–Crippen MR) is 335 cm³/mol. The number of unbranched alkanes of at least 4 members (excludes halogenated alkanes) is 37. The Morgan fingerprint density at radius 3 is 0.810 bits per heavy atom. The number of aliphatic hydroxyl groups is 1. The zero-order valence-electron chi connectivity index (χ0n) is 54.0. The van der Waals surface area contributed by atoms with E-state index in [-0.39, 0.29) is 25.7 Å². The number of hydrogen-bond donors (Lipinski definition) is 3. The van der Waals surface area contributed by atoms with E-state index in [0.717, 1.165) is 96.3 Å². The molecule has 0 saturated heterocycles. The molecule has 0 aliphatic carbocycles. The van der Waals surface area contributed by atoms with Crippen molar-refractivity contribution >= 4 is 39.5 Å². The zero-order valence-corrected chi connectivity index (χ0v) is 55.8. The molecule has 0 rings (SSSR count). The molecule has 0 fully saturated rings. The minimum atomic E-state index is -4.94. The van der Waals surface area contributed by atoms with Gasteiger partial charge in [-0.3, -0.25) is 37.3 Å². The van der Waals surface area contributed by atoms with Crippen molar-refractivity contribution in [2.45, 2.75) is 348 Å². The Labute approximate surface area is 511 Å². The van der Waals surface area contributed by atoms with Gasteiger partial charge in [0.05, 0.1) is 26.4 Å². The van der Waals surface area contributed by atoms with E-state index in [1.54, 1.807) is 0 Å². The molecule has 19 heteroatoms. The molecule has 0 radical (unpaired) electrons. The Kier molecular flexibility index (Phi) is 57.4. The molecule has 0 saturated carbocycles. The van der Waals surface area contributed by atoms with Crippen LogP contribution in [0, 0.1) is 5.92 Å². The molecule has 17 nitrogen and oxygen atoms in total. The van der Waals surface area contributed by atoms with Crippen molar-refractivity contribution in [2.24, 2.45) is 5.92 Å². The van der Waals surface area contributed by atoms with Crippen LogP contribution in [0.4, 0.5) is 0 Å². The minimum Gasteiger partial charge on any atom is -0.462 e. The van der Waals surface area contributed by atoms with Gasteiger partial charge in [0.1, 0.15) is 19.3 Å². The predicted octanol–water partition coefficient (Wildman–Crippen LogP) is 18.2. The molecule has 0 aromatic rings. The Hall–Kier alpha value is -1.94. The van der Waals surface area contributed by atoms with Crippen LogP contribution in [0.25, 0.3) is 0 Å². The molecular formula is C65H126O17P2.